The molecule has 0 aliphatic heterocycles. The van der Waals surface area contributed by atoms with Gasteiger partial charge in [-0.15, -0.1) is 0 Å². The van der Waals surface area contributed by atoms with Crippen LogP contribution < -0.4 is 4.74 Å². The Morgan fingerprint density at radius 2 is 2.29 bits per heavy atom. The van der Waals surface area contributed by atoms with Crippen LogP contribution in [0.15, 0.2) is 18.3 Å². The molecule has 0 saturated heterocycles. The van der Waals surface area contributed by atoms with Gasteiger partial charge in [0.05, 0.1) is 23.2 Å². The van der Waals surface area contributed by atoms with Gasteiger partial charge in [0.15, 0.2) is 5.75 Å². The summed E-state index contributed by atoms with van der Waals surface area (Å²) in [7, 11) is 1.54. The number of methoxy groups -OCH3 is 1. The molecule has 2 rings (SSSR count). The first-order valence-corrected chi connectivity index (χ1v) is 4.95. The zero-order valence-electron chi connectivity index (χ0n) is 9.17. The van der Waals surface area contributed by atoms with Crippen molar-refractivity contribution in [1.82, 2.24) is 10.2 Å². The minimum Gasteiger partial charge on any atom is -0.484 e. The Kier molecular flexibility index (Phi) is 3.20. The molecule has 0 atom stereocenters. The molecule has 7 nitrogen and oxygen atoms in total. The van der Waals surface area contributed by atoms with E-state index in [1.54, 1.807) is 6.07 Å². The number of benzene rings is 1. The molecule has 2 aromatic rings. The average Bonchev–Trinajstić information content (AvgIpc) is 2.75. The van der Waals surface area contributed by atoms with Crippen molar-refractivity contribution < 1.29 is 14.4 Å². The van der Waals surface area contributed by atoms with Gasteiger partial charge in [0, 0.05) is 24.6 Å². The Hall–Kier alpha value is -2.15. The second kappa shape index (κ2) is 4.79. The van der Waals surface area contributed by atoms with Crippen molar-refractivity contribution in [3.05, 3.63) is 28.4 Å². The standard InChI is InChI=1S/C10H11N3O4/c1-16-2-3-17-10-5-8-7(6-11-12-8)4-9(10)13(14)15/h4-6H,2-3H2,1H3,(H,11,12). The molecule has 17 heavy (non-hydrogen) atoms. The predicted octanol–water partition coefficient (Wildman–Crippen LogP) is 1.50. The highest BCUT2D eigenvalue weighted by Crippen LogP contribution is 2.31. The molecule has 0 fully saturated rings. The summed E-state index contributed by atoms with van der Waals surface area (Å²) >= 11 is 0. The Balaban J connectivity index is 2.35. The van der Waals surface area contributed by atoms with Crippen LogP contribution in [0.2, 0.25) is 0 Å². The van der Waals surface area contributed by atoms with Gasteiger partial charge >= 0.3 is 5.69 Å². The van der Waals surface area contributed by atoms with Gasteiger partial charge in [-0.05, 0) is 0 Å². The molecule has 1 N–H and O–H groups in total. The van der Waals surface area contributed by atoms with Crippen LogP contribution in [-0.4, -0.2) is 35.4 Å². The first kappa shape index (κ1) is 11.3. The topological polar surface area (TPSA) is 90.3 Å². The minimum atomic E-state index is -0.478. The number of nitro groups is 1. The second-order valence-electron chi connectivity index (χ2n) is 3.38. The molecule has 0 amide bonds. The van der Waals surface area contributed by atoms with Gasteiger partial charge in [0.1, 0.15) is 6.61 Å². The zero-order chi connectivity index (χ0) is 12.3. The van der Waals surface area contributed by atoms with Crippen molar-refractivity contribution >= 4 is 16.6 Å². The first-order chi connectivity index (χ1) is 8.22. The highest BCUT2D eigenvalue weighted by molar-refractivity contribution is 5.83. The van der Waals surface area contributed by atoms with Gasteiger partial charge in [-0.2, -0.15) is 5.10 Å². The summed E-state index contributed by atoms with van der Waals surface area (Å²) in [6.07, 6.45) is 1.53. The molecule has 7 heteroatoms. The third kappa shape index (κ3) is 2.34. The summed E-state index contributed by atoms with van der Waals surface area (Å²) < 4.78 is 10.1. The largest absolute Gasteiger partial charge is 0.484 e. The van der Waals surface area contributed by atoms with E-state index in [4.69, 9.17) is 9.47 Å². The molecule has 0 unspecified atom stereocenters. The number of hydrogen-bond acceptors (Lipinski definition) is 5. The molecule has 0 bridgehead atoms. The molecule has 0 spiro atoms. The van der Waals surface area contributed by atoms with Crippen LogP contribution in [0, 0.1) is 10.1 Å². The van der Waals surface area contributed by atoms with Crippen molar-refractivity contribution in [1.29, 1.82) is 0 Å². The smallest absolute Gasteiger partial charge is 0.311 e. The van der Waals surface area contributed by atoms with Crippen molar-refractivity contribution in [3.63, 3.8) is 0 Å². The molecule has 1 heterocycles. The highest BCUT2D eigenvalue weighted by atomic mass is 16.6. The summed E-state index contributed by atoms with van der Waals surface area (Å²) in [5.41, 5.74) is 0.623. The van der Waals surface area contributed by atoms with E-state index in [1.807, 2.05) is 0 Å². The quantitative estimate of drug-likeness (QED) is 0.483. The van der Waals surface area contributed by atoms with Gasteiger partial charge in [-0.25, -0.2) is 0 Å². The minimum absolute atomic E-state index is 0.0741. The number of ether oxygens (including phenoxy) is 2. The lowest BCUT2D eigenvalue weighted by Crippen LogP contribution is -2.05. The summed E-state index contributed by atoms with van der Waals surface area (Å²) in [5.74, 6) is 0.212. The number of H-pyrrole nitrogens is 1. The molecule has 0 saturated carbocycles. The fourth-order valence-corrected chi connectivity index (χ4v) is 1.45. The molecule has 1 aromatic carbocycles. The lowest BCUT2D eigenvalue weighted by Gasteiger charge is -2.05. The molecular weight excluding hydrogens is 226 g/mol. The van der Waals surface area contributed by atoms with Crippen LogP contribution in [0.1, 0.15) is 0 Å². The number of hydrogen-bond donors (Lipinski definition) is 1. The number of nitrogens with one attached hydrogen (secondary N) is 1. The fraction of sp³-hybridized carbons (Fsp3) is 0.300. The van der Waals surface area contributed by atoms with Crippen LogP contribution >= 0.6 is 0 Å². The predicted molar refractivity (Wildman–Crippen MR) is 60.1 cm³/mol. The second-order valence-corrected chi connectivity index (χ2v) is 3.38. The van der Waals surface area contributed by atoms with E-state index in [0.717, 1.165) is 0 Å². The van der Waals surface area contributed by atoms with Crippen LogP contribution in [0.3, 0.4) is 0 Å². The number of nitro benzene ring substituents is 1. The maximum atomic E-state index is 10.9. The van der Waals surface area contributed by atoms with Crippen LogP contribution in [0.4, 0.5) is 5.69 Å². The average molecular weight is 237 g/mol. The number of aromatic amines is 1. The van der Waals surface area contributed by atoms with Gasteiger partial charge < -0.3 is 9.47 Å². The highest BCUT2D eigenvalue weighted by Gasteiger charge is 2.17. The van der Waals surface area contributed by atoms with E-state index in [2.05, 4.69) is 10.2 Å². The van der Waals surface area contributed by atoms with E-state index in [0.29, 0.717) is 17.5 Å². The van der Waals surface area contributed by atoms with Crippen molar-refractivity contribution in [3.8, 4) is 5.75 Å². The molecule has 90 valence electrons. The molecular formula is C10H11N3O4. The molecule has 0 radical (unpaired) electrons. The van der Waals surface area contributed by atoms with Gasteiger partial charge in [0.2, 0.25) is 0 Å². The number of rotatable bonds is 5. The number of nitrogens with zero attached hydrogens (tertiary/aromatic N) is 2. The Morgan fingerprint density at radius 3 is 3.00 bits per heavy atom. The summed E-state index contributed by atoms with van der Waals surface area (Å²) in [6, 6.07) is 3.00. The lowest BCUT2D eigenvalue weighted by atomic mass is 10.2. The van der Waals surface area contributed by atoms with Crippen LogP contribution in [0.25, 0.3) is 10.9 Å². The monoisotopic (exact) mass is 237 g/mol. The van der Waals surface area contributed by atoms with E-state index < -0.39 is 4.92 Å². The maximum Gasteiger partial charge on any atom is 0.311 e. The summed E-state index contributed by atoms with van der Waals surface area (Å²) in [6.45, 7) is 0.634. The van der Waals surface area contributed by atoms with Crippen molar-refractivity contribution in [2.45, 2.75) is 0 Å². The van der Waals surface area contributed by atoms with Crippen LogP contribution in [0.5, 0.6) is 5.75 Å². The summed E-state index contributed by atoms with van der Waals surface area (Å²) in [4.78, 5) is 10.4. The Bertz CT molecular complexity index is 537. The zero-order valence-corrected chi connectivity index (χ0v) is 9.17. The number of fused-ring (bicyclic) bond motifs is 1. The van der Waals surface area contributed by atoms with Crippen molar-refractivity contribution in [2.75, 3.05) is 20.3 Å². The lowest BCUT2D eigenvalue weighted by molar-refractivity contribution is -0.385. The number of aromatic nitrogens is 2. The van der Waals surface area contributed by atoms with Gasteiger partial charge in [-0.1, -0.05) is 0 Å². The fourth-order valence-electron chi connectivity index (χ4n) is 1.45. The van der Waals surface area contributed by atoms with Gasteiger partial charge in [0.25, 0.3) is 0 Å². The Labute approximate surface area is 96.5 Å². The molecule has 0 aliphatic rings. The molecule has 0 aliphatic carbocycles. The van der Waals surface area contributed by atoms with E-state index in [1.165, 1.54) is 19.4 Å². The normalized spacial score (nSPS) is 10.6. The van der Waals surface area contributed by atoms with E-state index in [-0.39, 0.29) is 18.0 Å². The molecule has 1 aromatic heterocycles. The summed E-state index contributed by atoms with van der Waals surface area (Å²) in [5, 5.41) is 18.1. The van der Waals surface area contributed by atoms with Crippen LogP contribution in [-0.2, 0) is 4.74 Å². The third-order valence-electron chi connectivity index (χ3n) is 2.26. The van der Waals surface area contributed by atoms with E-state index in [9.17, 15) is 10.1 Å². The van der Waals surface area contributed by atoms with Crippen molar-refractivity contribution in [2.24, 2.45) is 0 Å². The Morgan fingerprint density at radius 1 is 1.47 bits per heavy atom. The van der Waals surface area contributed by atoms with Gasteiger partial charge in [-0.3, -0.25) is 15.2 Å². The SMILES string of the molecule is COCCOc1cc2[nH]ncc2cc1[N+](=O)[O-]. The first-order valence-electron chi connectivity index (χ1n) is 4.95. The third-order valence-corrected chi connectivity index (χ3v) is 2.26. The maximum absolute atomic E-state index is 10.9. The van der Waals surface area contributed by atoms with E-state index >= 15 is 0 Å².